The Morgan fingerprint density at radius 1 is 1.12 bits per heavy atom. The van der Waals surface area contributed by atoms with Crippen molar-refractivity contribution in [2.24, 2.45) is 0 Å². The first-order valence-electron chi connectivity index (χ1n) is 9.19. The topological polar surface area (TPSA) is 114 Å². The monoisotopic (exact) mass is 490 g/mol. The first kappa shape index (κ1) is 26.1. The summed E-state index contributed by atoms with van der Waals surface area (Å²) in [5.74, 6) is -3.19. The van der Waals surface area contributed by atoms with E-state index >= 15 is 0 Å². The molecular formula is C19H22F4N6O3S. The molecule has 1 unspecified atom stereocenters. The second-order valence-corrected chi connectivity index (χ2v) is 8.61. The van der Waals surface area contributed by atoms with E-state index in [1.807, 2.05) is 0 Å². The zero-order valence-electron chi connectivity index (χ0n) is 16.8. The lowest BCUT2D eigenvalue weighted by Crippen LogP contribution is -2.36. The molecule has 1 atom stereocenters. The summed E-state index contributed by atoms with van der Waals surface area (Å²) in [5.41, 5.74) is 0.433. The van der Waals surface area contributed by atoms with Crippen LogP contribution in [0.5, 0.6) is 0 Å². The number of benzene rings is 1. The van der Waals surface area contributed by atoms with Crippen LogP contribution in [0, 0.1) is 11.6 Å². The molecule has 2 aromatic heterocycles. The lowest BCUT2D eigenvalue weighted by atomic mass is 10.1. The Balaban J connectivity index is 0.00000385. The zero-order chi connectivity index (χ0) is 23.5. The number of nitrogens with one attached hydrogen (secondary N) is 1. The highest BCUT2D eigenvalue weighted by atomic mass is 32.2. The van der Waals surface area contributed by atoms with Crippen molar-refractivity contribution in [1.29, 1.82) is 0 Å². The Morgan fingerprint density at radius 3 is 2.30 bits per heavy atom. The number of halogens is 4. The van der Waals surface area contributed by atoms with E-state index in [0.717, 1.165) is 22.7 Å². The molecule has 0 radical (unpaired) electrons. The zero-order valence-corrected chi connectivity index (χ0v) is 17.7. The van der Waals surface area contributed by atoms with Crippen molar-refractivity contribution in [1.82, 2.24) is 24.5 Å². The van der Waals surface area contributed by atoms with Gasteiger partial charge in [-0.2, -0.15) is 8.78 Å². The second kappa shape index (κ2) is 10.7. The van der Waals surface area contributed by atoms with Gasteiger partial charge in [0.25, 0.3) is 11.8 Å². The minimum atomic E-state index is -3.58. The van der Waals surface area contributed by atoms with Crippen molar-refractivity contribution in [3.63, 3.8) is 0 Å². The standard InChI is InChI=1S/C18H18F4N6O3S.CH4/c1-3-28(32(2,29)30)9-14(10-4-5-12(19)13(20)6-10)25-18-23-7-11(8-24-18)16-26-27-17(31-16)15(21)22;/h4-8,14-15H,3,9H2,1-2H3,(H,23,24,25);1H4. The molecule has 0 aliphatic carbocycles. The van der Waals surface area contributed by atoms with Gasteiger partial charge in [-0.15, -0.1) is 10.2 Å². The molecule has 180 valence electrons. The van der Waals surface area contributed by atoms with Crippen molar-refractivity contribution in [2.75, 3.05) is 24.7 Å². The Morgan fingerprint density at radius 2 is 1.79 bits per heavy atom. The van der Waals surface area contributed by atoms with Gasteiger partial charge in [0.1, 0.15) is 0 Å². The number of anilines is 1. The average molecular weight is 490 g/mol. The number of hydrogen-bond donors (Lipinski definition) is 1. The first-order valence-corrected chi connectivity index (χ1v) is 11.0. The van der Waals surface area contributed by atoms with Gasteiger partial charge in [-0.3, -0.25) is 0 Å². The van der Waals surface area contributed by atoms with Crippen LogP contribution < -0.4 is 5.32 Å². The molecule has 3 rings (SSSR count). The molecule has 0 amide bonds. The predicted octanol–water partition coefficient (Wildman–Crippen LogP) is 3.81. The number of likely N-dealkylation sites (N-methyl/N-ethyl adjacent to an activating group) is 1. The van der Waals surface area contributed by atoms with Gasteiger partial charge in [0.05, 0.1) is 17.9 Å². The summed E-state index contributed by atoms with van der Waals surface area (Å²) < 4.78 is 82.4. The maximum absolute atomic E-state index is 13.8. The molecule has 2 heterocycles. The van der Waals surface area contributed by atoms with Crippen LogP contribution in [0.4, 0.5) is 23.5 Å². The van der Waals surface area contributed by atoms with Crippen LogP contribution in [0.15, 0.2) is 35.0 Å². The lowest BCUT2D eigenvalue weighted by Gasteiger charge is -2.26. The molecule has 14 heteroatoms. The van der Waals surface area contributed by atoms with Crippen molar-refractivity contribution < 1.29 is 30.4 Å². The molecule has 3 aromatic rings. The highest BCUT2D eigenvalue weighted by Crippen LogP contribution is 2.25. The van der Waals surface area contributed by atoms with Crippen LogP contribution in [0.3, 0.4) is 0 Å². The normalized spacial score (nSPS) is 12.6. The third kappa shape index (κ3) is 6.44. The van der Waals surface area contributed by atoms with Gasteiger partial charge >= 0.3 is 6.43 Å². The fourth-order valence-corrected chi connectivity index (χ4v) is 3.66. The van der Waals surface area contributed by atoms with E-state index in [1.54, 1.807) is 6.92 Å². The molecular weight excluding hydrogens is 468 g/mol. The van der Waals surface area contributed by atoms with Crippen LogP contribution in [0.25, 0.3) is 11.5 Å². The van der Waals surface area contributed by atoms with Gasteiger partial charge in [-0.05, 0) is 17.7 Å². The van der Waals surface area contributed by atoms with Gasteiger partial charge in [0.15, 0.2) is 11.6 Å². The average Bonchev–Trinajstić information content (AvgIpc) is 3.23. The number of aromatic nitrogens is 4. The number of hydrogen-bond acceptors (Lipinski definition) is 8. The van der Waals surface area contributed by atoms with Crippen LogP contribution >= 0.6 is 0 Å². The fourth-order valence-electron chi connectivity index (χ4n) is 2.77. The number of sulfonamides is 1. The number of nitrogens with zero attached hydrogens (tertiary/aromatic N) is 5. The minimum Gasteiger partial charge on any atom is -0.415 e. The fraction of sp³-hybridized carbons (Fsp3) is 0.368. The van der Waals surface area contributed by atoms with Crippen molar-refractivity contribution in [2.45, 2.75) is 26.8 Å². The maximum Gasteiger partial charge on any atom is 0.314 e. The molecule has 0 fully saturated rings. The smallest absolute Gasteiger partial charge is 0.314 e. The van der Waals surface area contributed by atoms with Crippen LogP contribution in [-0.4, -0.2) is 52.2 Å². The van der Waals surface area contributed by atoms with E-state index < -0.39 is 40.0 Å². The summed E-state index contributed by atoms with van der Waals surface area (Å²) in [4.78, 5) is 8.07. The predicted molar refractivity (Wildman–Crippen MR) is 112 cm³/mol. The van der Waals surface area contributed by atoms with Gasteiger partial charge in [0.2, 0.25) is 16.0 Å². The van der Waals surface area contributed by atoms with Crippen LogP contribution in [0.1, 0.15) is 38.3 Å². The summed E-state index contributed by atoms with van der Waals surface area (Å²) >= 11 is 0. The molecule has 9 nitrogen and oxygen atoms in total. The quantitative estimate of drug-likeness (QED) is 0.451. The molecule has 1 N–H and O–H groups in total. The Bertz CT molecular complexity index is 1170. The SMILES string of the molecule is C.CCN(CC(Nc1ncc(-c2nnc(C(F)F)o2)cn1)c1ccc(F)c(F)c1)S(C)(=O)=O. The molecule has 0 bridgehead atoms. The van der Waals surface area contributed by atoms with Gasteiger partial charge < -0.3 is 9.73 Å². The Hall–Kier alpha value is -3.13. The van der Waals surface area contributed by atoms with E-state index in [-0.39, 0.29) is 43.5 Å². The summed E-state index contributed by atoms with van der Waals surface area (Å²) in [5, 5.41) is 9.59. The van der Waals surface area contributed by atoms with Gasteiger partial charge in [-0.1, -0.05) is 20.4 Å². The summed E-state index contributed by atoms with van der Waals surface area (Å²) in [6, 6.07) is 2.35. The maximum atomic E-state index is 13.8. The van der Waals surface area contributed by atoms with Crippen LogP contribution in [0.2, 0.25) is 0 Å². The highest BCUT2D eigenvalue weighted by molar-refractivity contribution is 7.88. The Kier molecular flexibility index (Phi) is 8.44. The molecule has 0 aliphatic rings. The number of alkyl halides is 2. The third-order valence-electron chi connectivity index (χ3n) is 4.38. The third-order valence-corrected chi connectivity index (χ3v) is 5.73. The number of rotatable bonds is 9. The molecule has 0 saturated carbocycles. The largest absolute Gasteiger partial charge is 0.415 e. The van der Waals surface area contributed by atoms with E-state index in [1.165, 1.54) is 18.5 Å². The van der Waals surface area contributed by atoms with E-state index in [0.29, 0.717) is 0 Å². The second-order valence-electron chi connectivity index (χ2n) is 6.63. The molecule has 1 aromatic carbocycles. The molecule has 0 aliphatic heterocycles. The lowest BCUT2D eigenvalue weighted by molar-refractivity contribution is 0.116. The first-order chi connectivity index (χ1) is 15.1. The summed E-state index contributed by atoms with van der Waals surface area (Å²) in [6.45, 7) is 1.66. The van der Waals surface area contributed by atoms with Crippen molar-refractivity contribution >= 4 is 16.0 Å². The van der Waals surface area contributed by atoms with Gasteiger partial charge in [0, 0.05) is 25.5 Å². The minimum absolute atomic E-state index is 0. The summed E-state index contributed by atoms with van der Waals surface area (Å²) in [6.07, 6.45) is 0.567. The van der Waals surface area contributed by atoms with E-state index in [4.69, 9.17) is 4.42 Å². The highest BCUT2D eigenvalue weighted by Gasteiger charge is 2.23. The summed E-state index contributed by atoms with van der Waals surface area (Å²) in [7, 11) is -3.58. The molecule has 0 saturated heterocycles. The van der Waals surface area contributed by atoms with E-state index in [2.05, 4.69) is 25.5 Å². The van der Waals surface area contributed by atoms with Crippen LogP contribution in [-0.2, 0) is 10.0 Å². The molecule has 33 heavy (non-hydrogen) atoms. The van der Waals surface area contributed by atoms with Gasteiger partial charge in [-0.25, -0.2) is 31.5 Å². The van der Waals surface area contributed by atoms with Crippen molar-refractivity contribution in [3.8, 4) is 11.5 Å². The molecule has 0 spiro atoms. The van der Waals surface area contributed by atoms with E-state index in [9.17, 15) is 26.0 Å². The van der Waals surface area contributed by atoms with Crippen molar-refractivity contribution in [3.05, 3.63) is 53.7 Å². The Labute approximate surface area is 187 Å².